The number of pyridine rings is 1. The molecule has 3 N–H and O–H groups in total. The highest BCUT2D eigenvalue weighted by atomic mass is 35.5. The molecule has 100 valence electrons. The van der Waals surface area contributed by atoms with Crippen molar-refractivity contribution in [2.24, 2.45) is 0 Å². The topological polar surface area (TPSA) is 76.7 Å². The highest BCUT2D eigenvalue weighted by molar-refractivity contribution is 6.29. The van der Waals surface area contributed by atoms with Crippen molar-refractivity contribution in [2.45, 2.75) is 6.92 Å². The van der Waals surface area contributed by atoms with Crippen molar-refractivity contribution in [1.29, 1.82) is 0 Å². The number of hydrogen-bond acceptors (Lipinski definition) is 5. The Morgan fingerprint density at radius 2 is 1.95 bits per heavy atom. The number of nitrogens with two attached hydrogens (primary N) is 1. The maximum atomic E-state index is 5.87. The second-order valence-corrected chi connectivity index (χ2v) is 4.78. The lowest BCUT2D eigenvalue weighted by Gasteiger charge is -2.09. The number of aromatic nitrogens is 3. The first-order valence-electron chi connectivity index (χ1n) is 6.05. The lowest BCUT2D eigenvalue weighted by molar-refractivity contribution is 1.18. The predicted molar refractivity (Wildman–Crippen MR) is 81.2 cm³/mol. The van der Waals surface area contributed by atoms with Crippen LogP contribution in [0.4, 0.5) is 17.5 Å². The minimum Gasteiger partial charge on any atom is -0.368 e. The number of nitrogen functional groups attached to an aromatic ring is 1. The molecule has 0 radical (unpaired) electrons. The van der Waals surface area contributed by atoms with Gasteiger partial charge in [0.2, 0.25) is 5.95 Å². The Labute approximate surface area is 120 Å². The van der Waals surface area contributed by atoms with Crippen LogP contribution in [-0.2, 0) is 0 Å². The van der Waals surface area contributed by atoms with Gasteiger partial charge in [-0.05, 0) is 19.1 Å². The van der Waals surface area contributed by atoms with Crippen LogP contribution in [0.1, 0.15) is 5.69 Å². The Kier molecular flexibility index (Phi) is 3.12. The van der Waals surface area contributed by atoms with Crippen molar-refractivity contribution in [3.8, 4) is 0 Å². The fraction of sp³-hybridized carbons (Fsp3) is 0.0714. The van der Waals surface area contributed by atoms with Gasteiger partial charge in [-0.25, -0.2) is 4.98 Å². The number of aryl methyl sites for hydroxylation is 1. The summed E-state index contributed by atoms with van der Waals surface area (Å²) in [5, 5.41) is 4.52. The Balaban J connectivity index is 2.08. The van der Waals surface area contributed by atoms with Gasteiger partial charge in [-0.1, -0.05) is 29.8 Å². The van der Waals surface area contributed by atoms with E-state index in [1.165, 1.54) is 0 Å². The quantitative estimate of drug-likeness (QED) is 0.706. The molecule has 1 aromatic carbocycles. The molecule has 6 heteroatoms. The Morgan fingerprint density at radius 1 is 1.10 bits per heavy atom. The zero-order chi connectivity index (χ0) is 14.1. The summed E-state index contributed by atoms with van der Waals surface area (Å²) >= 11 is 5.87. The minimum atomic E-state index is 0.129. The third-order valence-corrected chi connectivity index (χ3v) is 3.03. The summed E-state index contributed by atoms with van der Waals surface area (Å²) in [6.07, 6.45) is 0. The van der Waals surface area contributed by atoms with Gasteiger partial charge in [0.1, 0.15) is 11.0 Å². The van der Waals surface area contributed by atoms with Crippen molar-refractivity contribution in [1.82, 2.24) is 15.0 Å². The summed E-state index contributed by atoms with van der Waals surface area (Å²) in [5.41, 5.74) is 8.26. The van der Waals surface area contributed by atoms with E-state index in [2.05, 4.69) is 20.3 Å². The fourth-order valence-electron chi connectivity index (χ4n) is 1.98. The van der Waals surface area contributed by atoms with E-state index in [-0.39, 0.29) is 5.95 Å². The first-order valence-corrected chi connectivity index (χ1v) is 6.43. The molecular weight excluding hydrogens is 274 g/mol. The molecule has 3 aromatic rings. The van der Waals surface area contributed by atoms with Crippen LogP contribution in [0, 0.1) is 6.92 Å². The van der Waals surface area contributed by atoms with Crippen LogP contribution in [0.15, 0.2) is 36.4 Å². The molecule has 0 fully saturated rings. The van der Waals surface area contributed by atoms with Crippen LogP contribution in [0.5, 0.6) is 0 Å². The SMILES string of the molecule is Cc1ccc2cccc(Nc3cc(Cl)nc(N)n3)c2n1. The monoisotopic (exact) mass is 285 g/mol. The van der Waals surface area contributed by atoms with E-state index in [9.17, 15) is 0 Å². The van der Waals surface area contributed by atoms with Crippen LogP contribution >= 0.6 is 11.6 Å². The molecule has 0 aliphatic carbocycles. The summed E-state index contributed by atoms with van der Waals surface area (Å²) in [7, 11) is 0. The molecule has 0 spiro atoms. The number of hydrogen-bond donors (Lipinski definition) is 2. The molecule has 0 amide bonds. The minimum absolute atomic E-state index is 0.129. The Hall–Kier alpha value is -2.40. The van der Waals surface area contributed by atoms with E-state index >= 15 is 0 Å². The first-order chi connectivity index (χ1) is 9.61. The van der Waals surface area contributed by atoms with Crippen molar-refractivity contribution in [3.63, 3.8) is 0 Å². The van der Waals surface area contributed by atoms with E-state index in [0.29, 0.717) is 11.0 Å². The summed E-state index contributed by atoms with van der Waals surface area (Å²) in [5.74, 6) is 0.669. The number of nitrogens with zero attached hydrogens (tertiary/aromatic N) is 3. The van der Waals surface area contributed by atoms with E-state index in [4.69, 9.17) is 17.3 Å². The Bertz CT molecular complexity index is 767. The largest absolute Gasteiger partial charge is 0.368 e. The lowest BCUT2D eigenvalue weighted by Crippen LogP contribution is -2.01. The van der Waals surface area contributed by atoms with Crippen LogP contribution < -0.4 is 11.1 Å². The van der Waals surface area contributed by atoms with Crippen molar-refractivity contribution in [3.05, 3.63) is 47.2 Å². The van der Waals surface area contributed by atoms with Gasteiger partial charge in [-0.3, -0.25) is 4.98 Å². The number of para-hydroxylation sites is 1. The zero-order valence-corrected chi connectivity index (χ0v) is 11.5. The average molecular weight is 286 g/mol. The molecule has 0 saturated heterocycles. The van der Waals surface area contributed by atoms with Crippen molar-refractivity contribution >= 4 is 40.0 Å². The van der Waals surface area contributed by atoms with Crippen LogP contribution in [-0.4, -0.2) is 15.0 Å². The van der Waals surface area contributed by atoms with Gasteiger partial charge in [0.25, 0.3) is 0 Å². The van der Waals surface area contributed by atoms with Gasteiger partial charge >= 0.3 is 0 Å². The molecule has 5 nitrogen and oxygen atoms in total. The number of nitrogens with one attached hydrogen (secondary N) is 1. The highest BCUT2D eigenvalue weighted by Crippen LogP contribution is 2.25. The van der Waals surface area contributed by atoms with E-state index in [1.54, 1.807) is 6.07 Å². The summed E-state index contributed by atoms with van der Waals surface area (Å²) < 4.78 is 0. The number of halogens is 1. The van der Waals surface area contributed by atoms with Gasteiger partial charge in [0, 0.05) is 17.1 Å². The highest BCUT2D eigenvalue weighted by Gasteiger charge is 2.06. The lowest BCUT2D eigenvalue weighted by atomic mass is 10.1. The second-order valence-electron chi connectivity index (χ2n) is 4.39. The smallest absolute Gasteiger partial charge is 0.223 e. The maximum absolute atomic E-state index is 5.87. The van der Waals surface area contributed by atoms with Crippen LogP contribution in [0.3, 0.4) is 0 Å². The molecule has 0 aliphatic heterocycles. The number of fused-ring (bicyclic) bond motifs is 1. The van der Waals surface area contributed by atoms with Crippen molar-refractivity contribution in [2.75, 3.05) is 11.1 Å². The number of rotatable bonds is 2. The number of anilines is 3. The Morgan fingerprint density at radius 3 is 2.75 bits per heavy atom. The average Bonchev–Trinajstić information content (AvgIpc) is 2.38. The summed E-state index contributed by atoms with van der Waals surface area (Å²) in [6.45, 7) is 1.95. The van der Waals surface area contributed by atoms with Crippen LogP contribution in [0.2, 0.25) is 5.15 Å². The third-order valence-electron chi connectivity index (χ3n) is 2.83. The van der Waals surface area contributed by atoms with Gasteiger partial charge in [0.15, 0.2) is 0 Å². The first kappa shape index (κ1) is 12.6. The standard InChI is InChI=1S/C14H12ClN5/c1-8-5-6-9-3-2-4-10(13(9)17-8)18-12-7-11(15)19-14(16)20-12/h2-7H,1H3,(H3,16,18,19,20). The van der Waals surface area contributed by atoms with Gasteiger partial charge in [-0.2, -0.15) is 4.98 Å². The molecule has 2 aromatic heterocycles. The van der Waals surface area contributed by atoms with Gasteiger partial charge in [0.05, 0.1) is 11.2 Å². The van der Waals surface area contributed by atoms with E-state index in [0.717, 1.165) is 22.3 Å². The maximum Gasteiger partial charge on any atom is 0.223 e. The molecule has 0 aliphatic rings. The van der Waals surface area contributed by atoms with E-state index < -0.39 is 0 Å². The number of benzene rings is 1. The summed E-state index contributed by atoms with van der Waals surface area (Å²) in [6, 6.07) is 11.5. The predicted octanol–water partition coefficient (Wildman–Crippen LogP) is 3.31. The van der Waals surface area contributed by atoms with Crippen molar-refractivity contribution < 1.29 is 0 Å². The molecular formula is C14H12ClN5. The van der Waals surface area contributed by atoms with Gasteiger partial charge < -0.3 is 11.1 Å². The molecule has 3 rings (SSSR count). The molecule has 0 unspecified atom stereocenters. The molecule has 0 bridgehead atoms. The third kappa shape index (κ3) is 2.48. The molecule has 20 heavy (non-hydrogen) atoms. The van der Waals surface area contributed by atoms with Gasteiger partial charge in [-0.15, -0.1) is 0 Å². The van der Waals surface area contributed by atoms with E-state index in [1.807, 2.05) is 37.3 Å². The fourth-order valence-corrected chi connectivity index (χ4v) is 2.17. The normalized spacial score (nSPS) is 10.7. The second kappa shape index (κ2) is 4.94. The zero-order valence-electron chi connectivity index (χ0n) is 10.8. The van der Waals surface area contributed by atoms with Crippen LogP contribution in [0.25, 0.3) is 10.9 Å². The molecule has 2 heterocycles. The molecule has 0 atom stereocenters. The summed E-state index contributed by atoms with van der Waals surface area (Å²) in [4.78, 5) is 12.5. The molecule has 0 saturated carbocycles.